The largest absolute Gasteiger partial charge is 0.497 e. The summed E-state index contributed by atoms with van der Waals surface area (Å²) >= 11 is 0. The van der Waals surface area contributed by atoms with Crippen LogP contribution in [-0.4, -0.2) is 53.8 Å². The quantitative estimate of drug-likeness (QED) is 0.432. The number of methoxy groups -OCH3 is 1. The number of ether oxygens (including phenoxy) is 2. The third kappa shape index (κ3) is 3.89. The summed E-state index contributed by atoms with van der Waals surface area (Å²) in [4.78, 5) is 31.5. The standard InChI is InChI=1S/C21H24N6O5/c1-12-9-13(2)27(24-12)20-22-18-17(19(29)23-21(30)25(18)3)26(20)10-14(28)11-32-16-7-5-15(31-4)6-8-16/h5-9,14,28H,10-11H2,1-4H3,(H,23,29,30)/t14-/m0/s1. The van der Waals surface area contributed by atoms with Gasteiger partial charge in [-0.2, -0.15) is 10.1 Å². The van der Waals surface area contributed by atoms with Gasteiger partial charge in [-0.1, -0.05) is 0 Å². The molecule has 4 rings (SSSR count). The van der Waals surface area contributed by atoms with Gasteiger partial charge in [0.2, 0.25) is 5.95 Å². The molecule has 0 fully saturated rings. The molecule has 3 aromatic heterocycles. The van der Waals surface area contributed by atoms with Gasteiger partial charge in [0, 0.05) is 12.7 Å². The molecule has 0 bridgehead atoms. The smallest absolute Gasteiger partial charge is 0.329 e. The Morgan fingerprint density at radius 2 is 1.84 bits per heavy atom. The first kappa shape index (κ1) is 21.4. The minimum Gasteiger partial charge on any atom is -0.497 e. The third-order valence-corrected chi connectivity index (χ3v) is 5.08. The lowest BCUT2D eigenvalue weighted by Gasteiger charge is -2.16. The molecule has 1 aromatic carbocycles. The Morgan fingerprint density at radius 1 is 1.16 bits per heavy atom. The molecule has 0 spiro atoms. The van der Waals surface area contributed by atoms with Gasteiger partial charge in [-0.25, -0.2) is 9.48 Å². The molecule has 4 aromatic rings. The lowest BCUT2D eigenvalue weighted by Crippen LogP contribution is -2.31. The summed E-state index contributed by atoms with van der Waals surface area (Å²) < 4.78 is 15.2. The maximum atomic E-state index is 12.6. The second-order valence-corrected chi connectivity index (χ2v) is 7.49. The molecule has 0 unspecified atom stereocenters. The molecule has 0 saturated carbocycles. The summed E-state index contributed by atoms with van der Waals surface area (Å²) in [5.41, 5.74) is 0.765. The number of rotatable bonds is 7. The summed E-state index contributed by atoms with van der Waals surface area (Å²) in [6, 6.07) is 8.86. The molecule has 32 heavy (non-hydrogen) atoms. The molecule has 0 aliphatic carbocycles. The zero-order valence-corrected chi connectivity index (χ0v) is 18.2. The Hall–Kier alpha value is -3.86. The second-order valence-electron chi connectivity index (χ2n) is 7.49. The Morgan fingerprint density at radius 3 is 2.47 bits per heavy atom. The highest BCUT2D eigenvalue weighted by Crippen LogP contribution is 2.19. The Labute approximate surface area is 182 Å². The van der Waals surface area contributed by atoms with Gasteiger partial charge in [0.1, 0.15) is 24.2 Å². The Bertz CT molecular complexity index is 1380. The minimum atomic E-state index is -0.971. The van der Waals surface area contributed by atoms with Crippen molar-refractivity contribution in [2.24, 2.45) is 7.05 Å². The molecule has 0 aliphatic rings. The van der Waals surface area contributed by atoms with Gasteiger partial charge < -0.3 is 14.6 Å². The van der Waals surface area contributed by atoms with Gasteiger partial charge in [-0.15, -0.1) is 0 Å². The first-order chi connectivity index (χ1) is 15.3. The molecule has 11 heteroatoms. The van der Waals surface area contributed by atoms with Crippen LogP contribution in [0.2, 0.25) is 0 Å². The van der Waals surface area contributed by atoms with E-state index < -0.39 is 17.4 Å². The number of H-pyrrole nitrogens is 1. The second kappa shape index (κ2) is 8.35. The van der Waals surface area contributed by atoms with E-state index in [0.29, 0.717) is 17.4 Å². The van der Waals surface area contributed by atoms with Crippen molar-refractivity contribution in [1.29, 1.82) is 0 Å². The van der Waals surface area contributed by atoms with Crippen LogP contribution in [0.3, 0.4) is 0 Å². The van der Waals surface area contributed by atoms with Crippen LogP contribution in [0.15, 0.2) is 39.9 Å². The molecule has 2 N–H and O–H groups in total. The summed E-state index contributed by atoms with van der Waals surface area (Å²) in [7, 11) is 3.10. The summed E-state index contributed by atoms with van der Waals surface area (Å²) in [5, 5.41) is 15.1. The molecule has 168 valence electrons. The lowest BCUT2D eigenvalue weighted by molar-refractivity contribution is 0.0932. The van der Waals surface area contributed by atoms with Crippen molar-refractivity contribution in [3.05, 3.63) is 62.6 Å². The van der Waals surface area contributed by atoms with E-state index in [1.165, 1.54) is 11.6 Å². The first-order valence-corrected chi connectivity index (χ1v) is 9.96. The zero-order chi connectivity index (χ0) is 23.0. The van der Waals surface area contributed by atoms with E-state index in [1.807, 2.05) is 19.9 Å². The van der Waals surface area contributed by atoms with Crippen LogP contribution in [0.1, 0.15) is 11.4 Å². The maximum absolute atomic E-state index is 12.6. The molecule has 1 atom stereocenters. The van der Waals surface area contributed by atoms with Crippen molar-refractivity contribution < 1.29 is 14.6 Å². The number of hydrogen-bond acceptors (Lipinski definition) is 7. The summed E-state index contributed by atoms with van der Waals surface area (Å²) in [6.45, 7) is 3.68. The fourth-order valence-electron chi connectivity index (χ4n) is 3.52. The number of aliphatic hydroxyl groups excluding tert-OH is 1. The summed E-state index contributed by atoms with van der Waals surface area (Å²) in [5.74, 6) is 1.59. The van der Waals surface area contributed by atoms with Gasteiger partial charge in [-0.05, 0) is 44.2 Å². The first-order valence-electron chi connectivity index (χ1n) is 9.96. The molecular weight excluding hydrogens is 416 g/mol. The minimum absolute atomic E-state index is 0.00161. The molecule has 11 nitrogen and oxygen atoms in total. The highest BCUT2D eigenvalue weighted by Gasteiger charge is 2.22. The number of nitrogens with zero attached hydrogens (tertiary/aromatic N) is 5. The number of hydrogen-bond donors (Lipinski definition) is 2. The maximum Gasteiger partial charge on any atom is 0.329 e. The van der Waals surface area contributed by atoms with Gasteiger partial charge in [0.25, 0.3) is 5.56 Å². The SMILES string of the molecule is COc1ccc(OC[C@@H](O)Cn2c(-n3nc(C)cc3C)nc3c2c(=O)[nH]c(=O)n3C)cc1. The summed E-state index contributed by atoms with van der Waals surface area (Å²) in [6.07, 6.45) is -0.971. The number of aromatic nitrogens is 6. The normalized spacial score (nSPS) is 12.3. The highest BCUT2D eigenvalue weighted by atomic mass is 16.5. The van der Waals surface area contributed by atoms with E-state index in [0.717, 1.165) is 11.4 Å². The van der Waals surface area contributed by atoms with Gasteiger partial charge >= 0.3 is 5.69 Å². The highest BCUT2D eigenvalue weighted by molar-refractivity contribution is 5.72. The van der Waals surface area contributed by atoms with E-state index in [1.54, 1.807) is 40.6 Å². The molecule has 0 amide bonds. The molecular formula is C21H24N6O5. The van der Waals surface area contributed by atoms with Crippen molar-refractivity contribution >= 4 is 11.2 Å². The van der Waals surface area contributed by atoms with E-state index in [9.17, 15) is 14.7 Å². The number of fused-ring (bicyclic) bond motifs is 1. The fraction of sp³-hybridized carbons (Fsp3) is 0.333. The van der Waals surface area contributed by atoms with Crippen LogP contribution < -0.4 is 20.7 Å². The number of nitrogens with one attached hydrogen (secondary N) is 1. The van der Waals surface area contributed by atoms with E-state index in [4.69, 9.17) is 9.47 Å². The van der Waals surface area contributed by atoms with Gasteiger partial charge in [0.05, 0.1) is 19.3 Å². The van der Waals surface area contributed by atoms with Crippen molar-refractivity contribution in [1.82, 2.24) is 28.9 Å². The Balaban J connectivity index is 1.70. The third-order valence-electron chi connectivity index (χ3n) is 5.08. The molecule has 0 saturated heterocycles. The van der Waals surface area contributed by atoms with Crippen molar-refractivity contribution in [2.75, 3.05) is 13.7 Å². The van der Waals surface area contributed by atoms with Crippen LogP contribution in [0.4, 0.5) is 0 Å². The molecule has 0 radical (unpaired) electrons. The van der Waals surface area contributed by atoms with Crippen LogP contribution in [0.5, 0.6) is 11.5 Å². The fourth-order valence-corrected chi connectivity index (χ4v) is 3.52. The van der Waals surface area contributed by atoms with E-state index in [-0.39, 0.29) is 24.3 Å². The van der Waals surface area contributed by atoms with Gasteiger partial charge in [0.15, 0.2) is 11.2 Å². The average Bonchev–Trinajstić information content (AvgIpc) is 3.30. The number of aromatic amines is 1. The topological polar surface area (TPSA) is 129 Å². The Kier molecular flexibility index (Phi) is 5.57. The van der Waals surface area contributed by atoms with Crippen LogP contribution in [0, 0.1) is 13.8 Å². The lowest BCUT2D eigenvalue weighted by atomic mass is 10.3. The van der Waals surface area contributed by atoms with E-state index >= 15 is 0 Å². The number of aryl methyl sites for hydroxylation is 3. The van der Waals surface area contributed by atoms with Crippen LogP contribution >= 0.6 is 0 Å². The predicted molar refractivity (Wildman–Crippen MR) is 117 cm³/mol. The molecule has 3 heterocycles. The average molecular weight is 440 g/mol. The predicted octanol–water partition coefficient (Wildman–Crippen LogP) is 0.674. The van der Waals surface area contributed by atoms with Gasteiger partial charge in [-0.3, -0.25) is 18.9 Å². The zero-order valence-electron chi connectivity index (χ0n) is 18.2. The number of aliphatic hydroxyl groups is 1. The van der Waals surface area contributed by atoms with E-state index in [2.05, 4.69) is 15.1 Å². The van der Waals surface area contributed by atoms with Crippen molar-refractivity contribution in [3.63, 3.8) is 0 Å². The number of imidazole rings is 1. The van der Waals surface area contributed by atoms with Crippen molar-refractivity contribution in [3.8, 4) is 17.4 Å². The van der Waals surface area contributed by atoms with Crippen molar-refractivity contribution in [2.45, 2.75) is 26.5 Å². The van der Waals surface area contributed by atoms with Crippen LogP contribution in [0.25, 0.3) is 17.1 Å². The monoisotopic (exact) mass is 440 g/mol. The van der Waals surface area contributed by atoms with Crippen LogP contribution in [-0.2, 0) is 13.6 Å². The number of benzene rings is 1. The molecule has 0 aliphatic heterocycles.